The maximum absolute atomic E-state index is 13.6. The van der Waals surface area contributed by atoms with Crippen LogP contribution in [0.25, 0.3) is 0 Å². The topological polar surface area (TPSA) is 72.1 Å². The monoisotopic (exact) mass is 570 g/mol. The average molecular weight is 571 g/mol. The van der Waals surface area contributed by atoms with Gasteiger partial charge < -0.3 is 9.15 Å². The number of aryl methyl sites for hydroxylation is 1. The highest BCUT2D eigenvalue weighted by Gasteiger charge is 2.26. The molecule has 8 heteroatoms. The van der Waals surface area contributed by atoms with Gasteiger partial charge in [0.15, 0.2) is 0 Å². The molecule has 0 aliphatic rings. The van der Waals surface area contributed by atoms with Crippen LogP contribution in [0.4, 0.5) is 5.69 Å². The molecule has 0 atom stereocenters. The van der Waals surface area contributed by atoms with E-state index in [0.29, 0.717) is 22.3 Å². The lowest BCUT2D eigenvalue weighted by Gasteiger charge is -2.21. The van der Waals surface area contributed by atoms with Crippen LogP contribution in [0.15, 0.2) is 130 Å². The number of benzene rings is 4. The number of halogens is 1. The molecule has 1 heterocycles. The van der Waals surface area contributed by atoms with Crippen LogP contribution in [0, 0.1) is 6.92 Å². The van der Waals surface area contributed by atoms with Crippen molar-refractivity contribution in [2.75, 3.05) is 0 Å². The van der Waals surface area contributed by atoms with Gasteiger partial charge >= 0.3 is 0 Å². The van der Waals surface area contributed by atoms with Gasteiger partial charge in [-0.3, -0.25) is 4.99 Å². The summed E-state index contributed by atoms with van der Waals surface area (Å²) in [5, 5.41) is 0.588. The zero-order chi connectivity index (χ0) is 28.0. The molecule has 0 fully saturated rings. The van der Waals surface area contributed by atoms with E-state index < -0.39 is 10.0 Å². The summed E-state index contributed by atoms with van der Waals surface area (Å²) in [5.41, 5.74) is 2.52. The molecule has 40 heavy (non-hydrogen) atoms. The Morgan fingerprint density at radius 3 is 2.17 bits per heavy atom. The van der Waals surface area contributed by atoms with E-state index in [-0.39, 0.29) is 18.0 Å². The second kappa shape index (κ2) is 12.3. The largest absolute Gasteiger partial charge is 0.459 e. The summed E-state index contributed by atoms with van der Waals surface area (Å²) in [7, 11) is -3.80. The lowest BCUT2D eigenvalue weighted by molar-refractivity contribution is 0.357. The molecule has 202 valence electrons. The minimum atomic E-state index is -3.80. The molecule has 0 saturated heterocycles. The van der Waals surface area contributed by atoms with Crippen LogP contribution in [-0.2, 0) is 23.1 Å². The summed E-state index contributed by atoms with van der Waals surface area (Å²) in [6.45, 7) is 2.13. The summed E-state index contributed by atoms with van der Waals surface area (Å²) in [4.78, 5) is 4.70. The highest BCUT2D eigenvalue weighted by Crippen LogP contribution is 2.25. The molecule has 0 aliphatic heterocycles. The lowest BCUT2D eigenvalue weighted by atomic mass is 10.2. The first kappa shape index (κ1) is 27.4. The van der Waals surface area contributed by atoms with Crippen LogP contribution in [0.5, 0.6) is 11.5 Å². The van der Waals surface area contributed by atoms with E-state index in [2.05, 4.69) is 4.99 Å². The van der Waals surface area contributed by atoms with E-state index in [0.717, 1.165) is 22.6 Å². The van der Waals surface area contributed by atoms with Crippen molar-refractivity contribution in [3.63, 3.8) is 0 Å². The third-order valence-electron chi connectivity index (χ3n) is 6.10. The van der Waals surface area contributed by atoms with Crippen LogP contribution >= 0.6 is 11.6 Å². The Bertz CT molecular complexity index is 1680. The molecule has 5 rings (SSSR count). The number of hydrogen-bond acceptors (Lipinski definition) is 5. The van der Waals surface area contributed by atoms with Gasteiger partial charge in [0.2, 0.25) is 10.0 Å². The normalized spacial score (nSPS) is 11.8. The van der Waals surface area contributed by atoms with Gasteiger partial charge in [-0.2, -0.15) is 4.31 Å². The van der Waals surface area contributed by atoms with Crippen molar-refractivity contribution in [1.82, 2.24) is 4.31 Å². The van der Waals surface area contributed by atoms with Crippen molar-refractivity contribution in [3.8, 4) is 11.5 Å². The number of rotatable bonds is 10. The molecule has 6 nitrogen and oxygen atoms in total. The Kier molecular flexibility index (Phi) is 8.45. The maximum atomic E-state index is 13.6. The molecule has 5 aromatic rings. The second-order valence-electron chi connectivity index (χ2n) is 9.18. The van der Waals surface area contributed by atoms with E-state index in [9.17, 15) is 8.42 Å². The molecule has 0 aliphatic carbocycles. The molecular formula is C32H27ClN2O4S. The smallest absolute Gasteiger partial charge is 0.243 e. The fraction of sp³-hybridized carbons (Fsp3) is 0.0938. The molecule has 1 aromatic heterocycles. The fourth-order valence-corrected chi connectivity index (χ4v) is 5.48. The first-order valence-corrected chi connectivity index (χ1v) is 14.4. The lowest BCUT2D eigenvalue weighted by Crippen LogP contribution is -2.30. The Morgan fingerprint density at radius 2 is 1.48 bits per heavy atom. The van der Waals surface area contributed by atoms with E-state index in [4.69, 9.17) is 20.8 Å². The summed E-state index contributed by atoms with van der Waals surface area (Å²) < 4.78 is 40.4. The van der Waals surface area contributed by atoms with Gasteiger partial charge in [0, 0.05) is 11.6 Å². The minimum absolute atomic E-state index is 0.0538. The number of aliphatic imine (C=N–C) groups is 1. The SMILES string of the molecule is Cc1ccc(S(=O)(=O)N(Cc2ccc(Cl)cc2)Cc2ccc(C=Nc3ccc(Oc4ccccc4)cc3)o2)cc1. The Hall–Kier alpha value is -4.17. The zero-order valence-electron chi connectivity index (χ0n) is 21.8. The van der Waals surface area contributed by atoms with Crippen molar-refractivity contribution in [2.24, 2.45) is 4.99 Å². The third kappa shape index (κ3) is 7.07. The molecular weight excluding hydrogens is 544 g/mol. The minimum Gasteiger partial charge on any atom is -0.459 e. The Morgan fingerprint density at radius 1 is 0.800 bits per heavy atom. The number of para-hydroxylation sites is 1. The van der Waals surface area contributed by atoms with Crippen LogP contribution < -0.4 is 4.74 Å². The fourth-order valence-electron chi connectivity index (χ4n) is 3.96. The molecule has 0 bridgehead atoms. The van der Waals surface area contributed by atoms with E-state index in [1.165, 1.54) is 4.31 Å². The van der Waals surface area contributed by atoms with Gasteiger partial charge in [-0.05, 0) is 85.3 Å². The standard InChI is InChI=1S/C32H27ClN2O4S/c1-24-7-19-32(20-8-24)40(36,37)35(22-25-9-11-26(33)12-10-25)23-31-18-17-30(39-31)21-34-27-13-15-29(16-14-27)38-28-5-3-2-4-6-28/h2-21H,22-23H2,1H3. The molecule has 0 unspecified atom stereocenters. The zero-order valence-corrected chi connectivity index (χ0v) is 23.3. The molecule has 4 aromatic carbocycles. The van der Waals surface area contributed by atoms with Gasteiger partial charge in [0.05, 0.1) is 23.3 Å². The van der Waals surface area contributed by atoms with Crippen LogP contribution in [-0.4, -0.2) is 18.9 Å². The van der Waals surface area contributed by atoms with Crippen molar-refractivity contribution in [3.05, 3.63) is 143 Å². The average Bonchev–Trinajstić information content (AvgIpc) is 3.41. The van der Waals surface area contributed by atoms with Crippen LogP contribution in [0.2, 0.25) is 5.02 Å². The van der Waals surface area contributed by atoms with Gasteiger partial charge in [0.25, 0.3) is 0 Å². The Labute approximate surface area is 239 Å². The van der Waals surface area contributed by atoms with Crippen molar-refractivity contribution in [2.45, 2.75) is 24.9 Å². The second-order valence-corrected chi connectivity index (χ2v) is 11.6. The van der Waals surface area contributed by atoms with E-state index in [1.807, 2.05) is 73.7 Å². The molecule has 0 N–H and O–H groups in total. The van der Waals surface area contributed by atoms with Crippen LogP contribution in [0.1, 0.15) is 22.6 Å². The van der Waals surface area contributed by atoms with Gasteiger partial charge in [-0.15, -0.1) is 0 Å². The van der Waals surface area contributed by atoms with Gasteiger partial charge in [0.1, 0.15) is 23.0 Å². The number of hydrogen-bond donors (Lipinski definition) is 0. The van der Waals surface area contributed by atoms with Crippen molar-refractivity contribution >= 4 is 33.5 Å². The predicted octanol–water partition coefficient (Wildman–Crippen LogP) is 8.18. The van der Waals surface area contributed by atoms with E-state index in [1.54, 1.807) is 54.7 Å². The molecule has 0 radical (unpaired) electrons. The summed E-state index contributed by atoms with van der Waals surface area (Å²) in [6, 6.07) is 34.4. The molecule has 0 amide bonds. The predicted molar refractivity (Wildman–Crippen MR) is 158 cm³/mol. The van der Waals surface area contributed by atoms with Gasteiger partial charge in [-0.1, -0.05) is 59.6 Å². The van der Waals surface area contributed by atoms with Gasteiger partial charge in [-0.25, -0.2) is 8.42 Å². The highest BCUT2D eigenvalue weighted by atomic mass is 35.5. The number of furan rings is 1. The van der Waals surface area contributed by atoms with Crippen LogP contribution in [0.3, 0.4) is 0 Å². The first-order valence-electron chi connectivity index (χ1n) is 12.6. The quantitative estimate of drug-likeness (QED) is 0.159. The summed E-state index contributed by atoms with van der Waals surface area (Å²) >= 11 is 6.03. The molecule has 0 saturated carbocycles. The molecule has 0 spiro atoms. The summed E-state index contributed by atoms with van der Waals surface area (Å²) in [6.07, 6.45) is 1.61. The van der Waals surface area contributed by atoms with E-state index >= 15 is 0 Å². The summed E-state index contributed by atoms with van der Waals surface area (Å²) in [5.74, 6) is 2.48. The Balaban J connectivity index is 1.31. The third-order valence-corrected chi connectivity index (χ3v) is 8.16. The van der Waals surface area contributed by atoms with Crippen molar-refractivity contribution in [1.29, 1.82) is 0 Å². The number of ether oxygens (including phenoxy) is 1. The first-order chi connectivity index (χ1) is 19.3. The number of nitrogens with zero attached hydrogens (tertiary/aromatic N) is 2. The van der Waals surface area contributed by atoms with Crippen molar-refractivity contribution < 1.29 is 17.6 Å². The highest BCUT2D eigenvalue weighted by molar-refractivity contribution is 7.89. The maximum Gasteiger partial charge on any atom is 0.243 e. The number of sulfonamides is 1.